The lowest BCUT2D eigenvalue weighted by molar-refractivity contribution is 0.340. The fraction of sp³-hybridized carbons (Fsp3) is 0.400. The summed E-state index contributed by atoms with van der Waals surface area (Å²) in [6, 6.07) is 18.3. The predicted molar refractivity (Wildman–Crippen MR) is 96.7 cm³/mol. The molecule has 0 radical (unpaired) electrons. The lowest BCUT2D eigenvalue weighted by Crippen LogP contribution is -2.40. The maximum atomic E-state index is 3.86. The number of nitrogens with one attached hydrogen (secondary N) is 1. The number of hydrogen-bond acceptors (Lipinski definition) is 2. The Kier molecular flexibility index (Phi) is 4.33. The highest BCUT2D eigenvalue weighted by atomic mass is 32.2. The lowest BCUT2D eigenvalue weighted by atomic mass is 9.90. The van der Waals surface area contributed by atoms with Crippen molar-refractivity contribution in [3.63, 3.8) is 0 Å². The average molecular weight is 311 g/mol. The van der Waals surface area contributed by atoms with Gasteiger partial charge in [0.05, 0.1) is 0 Å². The molecule has 0 amide bonds. The van der Waals surface area contributed by atoms with Crippen LogP contribution in [0.4, 0.5) is 0 Å². The van der Waals surface area contributed by atoms with Crippen molar-refractivity contribution < 1.29 is 0 Å². The third-order valence-corrected chi connectivity index (χ3v) is 5.07. The average Bonchev–Trinajstić information content (AvgIpc) is 2.84. The third kappa shape index (κ3) is 3.23. The van der Waals surface area contributed by atoms with Gasteiger partial charge in [0.25, 0.3) is 0 Å². The van der Waals surface area contributed by atoms with Gasteiger partial charge in [-0.2, -0.15) is 0 Å². The van der Waals surface area contributed by atoms with Crippen molar-refractivity contribution in [2.45, 2.75) is 49.6 Å². The van der Waals surface area contributed by atoms with Crippen LogP contribution in [0.1, 0.15) is 49.4 Å². The van der Waals surface area contributed by atoms with E-state index in [1.807, 2.05) is 11.8 Å². The van der Waals surface area contributed by atoms with Crippen molar-refractivity contribution in [2.24, 2.45) is 0 Å². The van der Waals surface area contributed by atoms with Crippen LogP contribution in [0, 0.1) is 0 Å². The fourth-order valence-corrected chi connectivity index (χ4v) is 3.85. The first-order valence-corrected chi connectivity index (χ1v) is 9.20. The molecular formula is C20H25NS. The van der Waals surface area contributed by atoms with Crippen LogP contribution < -0.4 is 5.32 Å². The lowest BCUT2D eigenvalue weighted by Gasteiger charge is -2.31. The van der Waals surface area contributed by atoms with E-state index < -0.39 is 0 Å². The van der Waals surface area contributed by atoms with Crippen LogP contribution >= 0.6 is 11.8 Å². The molecule has 116 valence electrons. The molecule has 2 heteroatoms. The topological polar surface area (TPSA) is 12.0 Å². The van der Waals surface area contributed by atoms with Gasteiger partial charge < -0.3 is 5.32 Å². The van der Waals surface area contributed by atoms with Gasteiger partial charge in [-0.15, -0.1) is 11.8 Å². The van der Waals surface area contributed by atoms with Gasteiger partial charge in [-0.05, 0) is 62.3 Å². The van der Waals surface area contributed by atoms with Gasteiger partial charge >= 0.3 is 0 Å². The minimum atomic E-state index is 0.106. The molecule has 0 saturated carbocycles. The Morgan fingerprint density at radius 1 is 1.05 bits per heavy atom. The van der Waals surface area contributed by atoms with Gasteiger partial charge in [-0.3, -0.25) is 0 Å². The first-order chi connectivity index (χ1) is 10.5. The van der Waals surface area contributed by atoms with Gasteiger partial charge in [-0.1, -0.05) is 36.4 Å². The van der Waals surface area contributed by atoms with Crippen LogP contribution in [-0.4, -0.2) is 11.8 Å². The Balaban J connectivity index is 2.01. The summed E-state index contributed by atoms with van der Waals surface area (Å²) in [5.41, 5.74) is 4.52. The van der Waals surface area contributed by atoms with Crippen molar-refractivity contribution in [3.8, 4) is 0 Å². The molecule has 0 fully saturated rings. The minimum Gasteiger partial charge on any atom is -0.305 e. The second-order valence-corrected chi connectivity index (χ2v) is 8.04. The maximum absolute atomic E-state index is 3.86. The molecule has 3 rings (SSSR count). The molecule has 1 aliphatic carbocycles. The van der Waals surface area contributed by atoms with Gasteiger partial charge in [0.2, 0.25) is 0 Å². The summed E-state index contributed by atoms with van der Waals surface area (Å²) in [6.45, 7) is 6.77. The minimum absolute atomic E-state index is 0.106. The molecule has 0 spiro atoms. The van der Waals surface area contributed by atoms with E-state index in [2.05, 4.69) is 80.9 Å². The molecule has 0 aliphatic heterocycles. The molecule has 2 aromatic carbocycles. The zero-order chi connectivity index (χ0) is 15.7. The third-order valence-electron chi connectivity index (χ3n) is 4.35. The van der Waals surface area contributed by atoms with Gasteiger partial charge in [0.1, 0.15) is 0 Å². The Morgan fingerprint density at radius 3 is 2.41 bits per heavy atom. The Bertz CT molecular complexity index is 643. The van der Waals surface area contributed by atoms with Crippen LogP contribution in [0.25, 0.3) is 0 Å². The highest BCUT2D eigenvalue weighted by Gasteiger charge is 2.35. The number of rotatable bonds is 3. The SMILES string of the molecule is CSc1ccc2c(c1)[C@@H](NC(C)(C)C)[C@H](c1ccccc1)C2. The molecule has 2 atom stereocenters. The van der Waals surface area contributed by atoms with E-state index in [1.54, 1.807) is 0 Å². The molecular weight excluding hydrogens is 286 g/mol. The van der Waals surface area contributed by atoms with E-state index in [4.69, 9.17) is 0 Å². The summed E-state index contributed by atoms with van der Waals surface area (Å²) < 4.78 is 0. The summed E-state index contributed by atoms with van der Waals surface area (Å²) in [4.78, 5) is 1.35. The molecule has 1 nitrogen and oxygen atoms in total. The molecule has 0 heterocycles. The van der Waals surface area contributed by atoms with Crippen LogP contribution in [0.5, 0.6) is 0 Å². The van der Waals surface area contributed by atoms with Crippen molar-refractivity contribution in [1.29, 1.82) is 0 Å². The normalized spacial score (nSPS) is 20.9. The van der Waals surface area contributed by atoms with Gasteiger partial charge in [0.15, 0.2) is 0 Å². The number of benzene rings is 2. The quantitative estimate of drug-likeness (QED) is 0.784. The monoisotopic (exact) mass is 311 g/mol. The summed E-state index contributed by atoms with van der Waals surface area (Å²) in [5, 5.41) is 3.86. The smallest absolute Gasteiger partial charge is 0.0400 e. The highest BCUT2D eigenvalue weighted by Crippen LogP contribution is 2.44. The first kappa shape index (κ1) is 15.6. The molecule has 2 aromatic rings. The molecule has 1 aliphatic rings. The van der Waals surface area contributed by atoms with Gasteiger partial charge in [0, 0.05) is 22.4 Å². The molecule has 22 heavy (non-hydrogen) atoms. The van der Waals surface area contributed by atoms with Crippen molar-refractivity contribution in [3.05, 3.63) is 65.2 Å². The molecule has 0 aromatic heterocycles. The van der Waals surface area contributed by atoms with E-state index in [-0.39, 0.29) is 5.54 Å². The van der Waals surface area contributed by atoms with Crippen molar-refractivity contribution >= 4 is 11.8 Å². The summed E-state index contributed by atoms with van der Waals surface area (Å²) in [6.07, 6.45) is 3.28. The molecule has 1 N–H and O–H groups in total. The van der Waals surface area contributed by atoms with E-state index in [9.17, 15) is 0 Å². The Morgan fingerprint density at radius 2 is 1.77 bits per heavy atom. The second kappa shape index (κ2) is 6.10. The van der Waals surface area contributed by atoms with Crippen LogP contribution in [0.2, 0.25) is 0 Å². The number of hydrogen-bond donors (Lipinski definition) is 1. The van der Waals surface area contributed by atoms with Crippen molar-refractivity contribution in [1.82, 2.24) is 5.32 Å². The summed E-state index contributed by atoms with van der Waals surface area (Å²) in [7, 11) is 0. The van der Waals surface area contributed by atoms with E-state index in [0.717, 1.165) is 6.42 Å². The maximum Gasteiger partial charge on any atom is 0.0400 e. The summed E-state index contributed by atoms with van der Waals surface area (Å²) in [5.74, 6) is 0.521. The zero-order valence-electron chi connectivity index (χ0n) is 13.9. The van der Waals surface area contributed by atoms with Crippen molar-refractivity contribution in [2.75, 3.05) is 6.26 Å². The number of fused-ring (bicyclic) bond motifs is 1. The molecule has 0 bridgehead atoms. The highest BCUT2D eigenvalue weighted by molar-refractivity contribution is 7.98. The predicted octanol–water partition coefficient (Wildman–Crippen LogP) is 5.18. The van der Waals surface area contributed by atoms with Gasteiger partial charge in [-0.25, -0.2) is 0 Å². The van der Waals surface area contributed by atoms with Crippen LogP contribution in [-0.2, 0) is 6.42 Å². The zero-order valence-corrected chi connectivity index (χ0v) is 14.7. The number of thioether (sulfide) groups is 1. The molecule has 0 saturated heterocycles. The first-order valence-electron chi connectivity index (χ1n) is 7.97. The molecule has 0 unspecified atom stereocenters. The Labute approximate surface area is 138 Å². The second-order valence-electron chi connectivity index (χ2n) is 7.16. The Hall–Kier alpha value is -1.25. The summed E-state index contributed by atoms with van der Waals surface area (Å²) >= 11 is 1.82. The van der Waals surface area contributed by atoms with E-state index in [1.165, 1.54) is 21.6 Å². The van der Waals surface area contributed by atoms with Crippen LogP contribution in [0.15, 0.2) is 53.4 Å². The van der Waals surface area contributed by atoms with E-state index >= 15 is 0 Å². The standard InChI is InChI=1S/C20H25NS/c1-20(2,3)21-19-17(14-8-6-5-7-9-14)12-15-10-11-16(22-4)13-18(15)19/h5-11,13,17,19,21H,12H2,1-4H3/t17-,19-/m0/s1. The largest absolute Gasteiger partial charge is 0.305 e. The van der Waals surface area contributed by atoms with Crippen LogP contribution in [0.3, 0.4) is 0 Å². The van der Waals surface area contributed by atoms with E-state index in [0.29, 0.717) is 12.0 Å². The fourth-order valence-electron chi connectivity index (χ4n) is 3.40.